The van der Waals surface area contributed by atoms with Crippen LogP contribution in [0.5, 0.6) is 5.75 Å². The van der Waals surface area contributed by atoms with Crippen LogP contribution in [0.1, 0.15) is 50.8 Å². The number of carboxylic acids is 1. The molecule has 37 heavy (non-hydrogen) atoms. The zero-order valence-corrected chi connectivity index (χ0v) is 22.3. The first-order valence-electron chi connectivity index (χ1n) is 13.3. The average Bonchev–Trinajstić information content (AvgIpc) is 3.49. The fourth-order valence-electron chi connectivity index (χ4n) is 5.87. The van der Waals surface area contributed by atoms with Gasteiger partial charge in [-0.05, 0) is 84.6 Å². The van der Waals surface area contributed by atoms with Crippen LogP contribution in [-0.2, 0) is 27.3 Å². The Bertz CT molecular complexity index is 1220. The number of carboxylic acid groups (broad SMARTS) is 1. The molecule has 0 bridgehead atoms. The number of allylic oxidation sites excluding steroid dienone is 2. The monoisotopic (exact) mass is 502 g/mol. The molecule has 1 aliphatic heterocycles. The van der Waals surface area contributed by atoms with Gasteiger partial charge in [0, 0.05) is 5.41 Å². The van der Waals surface area contributed by atoms with E-state index in [1.54, 1.807) is 0 Å². The van der Waals surface area contributed by atoms with Crippen LogP contribution < -0.4 is 4.74 Å². The zero-order valence-electron chi connectivity index (χ0n) is 22.3. The fraction of sp³-hybridized carbons (Fsp3) is 0.469. The Hall–Kier alpha value is -2.89. The minimum Gasteiger partial charge on any atom is -0.489 e. The van der Waals surface area contributed by atoms with Crippen LogP contribution >= 0.6 is 0 Å². The van der Waals surface area contributed by atoms with Crippen molar-refractivity contribution in [3.8, 4) is 5.75 Å². The predicted molar refractivity (Wildman–Crippen MR) is 144 cm³/mol. The van der Waals surface area contributed by atoms with Crippen molar-refractivity contribution in [3.63, 3.8) is 0 Å². The normalized spacial score (nSPS) is 26.3. The largest absolute Gasteiger partial charge is 0.489 e. The van der Waals surface area contributed by atoms with Crippen molar-refractivity contribution in [1.82, 2.24) is 0 Å². The highest BCUT2D eigenvalue weighted by atomic mass is 16.5. The molecular formula is C32H38O5. The van der Waals surface area contributed by atoms with Crippen LogP contribution in [-0.4, -0.2) is 37.0 Å². The van der Waals surface area contributed by atoms with Crippen LogP contribution in [0.25, 0.3) is 5.57 Å². The molecule has 4 atom stereocenters. The number of hydrogen-bond donors (Lipinski definition) is 1. The van der Waals surface area contributed by atoms with Gasteiger partial charge in [0.05, 0.1) is 31.8 Å². The zero-order chi connectivity index (χ0) is 26.2. The van der Waals surface area contributed by atoms with Gasteiger partial charge < -0.3 is 19.3 Å². The standard InChI is InChI=1S/C32H38O5/c1-20-11-27(37-19-32(4)17-35-18-32)12-21(2)29(20)25-9-5-8-24(13-25)16-36-26-10-6-7-23(14-26)15-28-22(3)30(28)31(33)34/h5-11,13-14,22,27-28,30H,12,15-19H2,1-4H3,(H,33,34). The molecule has 0 spiro atoms. The molecule has 1 heterocycles. The van der Waals surface area contributed by atoms with E-state index < -0.39 is 5.97 Å². The molecule has 2 fully saturated rings. The molecule has 3 aliphatic rings. The topological polar surface area (TPSA) is 65.0 Å². The lowest BCUT2D eigenvalue weighted by molar-refractivity contribution is -0.144. The van der Waals surface area contributed by atoms with Crippen molar-refractivity contribution in [3.05, 3.63) is 82.4 Å². The maximum atomic E-state index is 11.3. The van der Waals surface area contributed by atoms with Gasteiger partial charge in [0.15, 0.2) is 0 Å². The maximum Gasteiger partial charge on any atom is 0.307 e. The van der Waals surface area contributed by atoms with Crippen molar-refractivity contribution >= 4 is 11.5 Å². The van der Waals surface area contributed by atoms with E-state index in [1.807, 2.05) is 25.1 Å². The first-order valence-corrected chi connectivity index (χ1v) is 13.3. The molecule has 2 aromatic carbocycles. The average molecular weight is 503 g/mol. The maximum absolute atomic E-state index is 11.3. The Kier molecular flexibility index (Phi) is 7.28. The second-order valence-corrected chi connectivity index (χ2v) is 11.6. The molecule has 5 nitrogen and oxygen atoms in total. The highest BCUT2D eigenvalue weighted by Crippen LogP contribution is 2.48. The van der Waals surface area contributed by atoms with E-state index in [9.17, 15) is 9.90 Å². The van der Waals surface area contributed by atoms with Gasteiger partial charge in [0.2, 0.25) is 0 Å². The lowest BCUT2D eigenvalue weighted by Crippen LogP contribution is -2.44. The van der Waals surface area contributed by atoms with E-state index in [0.29, 0.717) is 6.61 Å². The third kappa shape index (κ3) is 5.83. The molecule has 0 amide bonds. The van der Waals surface area contributed by atoms with Crippen molar-refractivity contribution in [2.24, 2.45) is 23.2 Å². The Morgan fingerprint density at radius 2 is 1.86 bits per heavy atom. The van der Waals surface area contributed by atoms with Crippen molar-refractivity contribution in [1.29, 1.82) is 0 Å². The molecule has 196 valence electrons. The van der Waals surface area contributed by atoms with Gasteiger partial charge in [-0.2, -0.15) is 0 Å². The Morgan fingerprint density at radius 1 is 1.11 bits per heavy atom. The van der Waals surface area contributed by atoms with Crippen LogP contribution in [0.2, 0.25) is 0 Å². The number of rotatable bonds is 10. The molecule has 2 aromatic rings. The second kappa shape index (κ2) is 10.5. The third-order valence-electron chi connectivity index (χ3n) is 8.15. The predicted octanol–water partition coefficient (Wildman–Crippen LogP) is 6.32. The number of ether oxygens (including phenoxy) is 3. The number of aliphatic carboxylic acids is 1. The third-order valence-corrected chi connectivity index (χ3v) is 8.15. The van der Waals surface area contributed by atoms with Crippen LogP contribution in [0, 0.1) is 23.2 Å². The van der Waals surface area contributed by atoms with Crippen molar-refractivity contribution < 1.29 is 24.1 Å². The van der Waals surface area contributed by atoms with Gasteiger partial charge in [-0.15, -0.1) is 0 Å². The summed E-state index contributed by atoms with van der Waals surface area (Å²) in [5.74, 6) is 0.373. The van der Waals surface area contributed by atoms with Crippen molar-refractivity contribution in [2.75, 3.05) is 19.8 Å². The smallest absolute Gasteiger partial charge is 0.307 e. The van der Waals surface area contributed by atoms with E-state index in [0.717, 1.165) is 49.5 Å². The van der Waals surface area contributed by atoms with Crippen LogP contribution in [0.15, 0.2) is 65.8 Å². The lowest BCUT2D eigenvalue weighted by Gasteiger charge is -2.39. The Morgan fingerprint density at radius 3 is 2.54 bits per heavy atom. The highest BCUT2D eigenvalue weighted by Gasteiger charge is 2.51. The van der Waals surface area contributed by atoms with E-state index in [-0.39, 0.29) is 29.3 Å². The van der Waals surface area contributed by atoms with Gasteiger partial charge in [0.25, 0.3) is 0 Å². The fourth-order valence-corrected chi connectivity index (χ4v) is 5.87. The minimum atomic E-state index is -0.681. The summed E-state index contributed by atoms with van der Waals surface area (Å²) in [5.41, 5.74) is 7.52. The summed E-state index contributed by atoms with van der Waals surface area (Å²) >= 11 is 0. The minimum absolute atomic E-state index is 0.115. The van der Waals surface area contributed by atoms with E-state index in [4.69, 9.17) is 14.2 Å². The number of carbonyl (C=O) groups is 1. The molecule has 1 saturated heterocycles. The lowest BCUT2D eigenvalue weighted by atomic mass is 9.85. The Labute approximate surface area is 220 Å². The van der Waals surface area contributed by atoms with E-state index >= 15 is 0 Å². The molecule has 0 aromatic heterocycles. The summed E-state index contributed by atoms with van der Waals surface area (Å²) in [6, 6.07) is 16.6. The first kappa shape index (κ1) is 25.7. The quantitative estimate of drug-likeness (QED) is 0.412. The van der Waals surface area contributed by atoms with Crippen LogP contribution in [0.4, 0.5) is 0 Å². The van der Waals surface area contributed by atoms with Gasteiger partial charge in [-0.1, -0.05) is 55.8 Å². The van der Waals surface area contributed by atoms with Crippen LogP contribution in [0.3, 0.4) is 0 Å². The highest BCUT2D eigenvalue weighted by molar-refractivity contribution is 5.82. The van der Waals surface area contributed by atoms with E-state index in [2.05, 4.69) is 57.2 Å². The summed E-state index contributed by atoms with van der Waals surface area (Å²) in [5, 5.41) is 9.32. The number of hydrogen-bond acceptors (Lipinski definition) is 4. The van der Waals surface area contributed by atoms with Gasteiger partial charge in [-0.25, -0.2) is 0 Å². The summed E-state index contributed by atoms with van der Waals surface area (Å²) in [7, 11) is 0. The van der Waals surface area contributed by atoms with Crippen molar-refractivity contribution in [2.45, 2.75) is 53.2 Å². The molecule has 4 unspecified atom stereocenters. The summed E-state index contributed by atoms with van der Waals surface area (Å²) in [4.78, 5) is 11.3. The number of benzene rings is 2. The molecule has 1 saturated carbocycles. The molecule has 1 N–H and O–H groups in total. The van der Waals surface area contributed by atoms with Gasteiger partial charge in [0.1, 0.15) is 12.4 Å². The second-order valence-electron chi connectivity index (χ2n) is 11.6. The van der Waals surface area contributed by atoms with E-state index in [1.165, 1.54) is 22.3 Å². The SMILES string of the molecule is CC1=CC(OCC2(C)COC2)CC(C)=C1c1cccc(COc2cccc(CC3C(C)C3C(=O)O)c2)c1. The first-order chi connectivity index (χ1) is 17.7. The molecular weight excluding hydrogens is 464 g/mol. The van der Waals surface area contributed by atoms with Gasteiger partial charge in [-0.3, -0.25) is 4.79 Å². The summed E-state index contributed by atoms with van der Waals surface area (Å²) in [6.07, 6.45) is 4.06. The molecule has 2 aliphatic carbocycles. The Balaban J connectivity index is 1.20. The summed E-state index contributed by atoms with van der Waals surface area (Å²) in [6.45, 7) is 11.4. The van der Waals surface area contributed by atoms with Gasteiger partial charge >= 0.3 is 5.97 Å². The molecule has 5 heteroatoms. The molecule has 0 radical (unpaired) electrons. The summed E-state index contributed by atoms with van der Waals surface area (Å²) < 4.78 is 17.8. The molecule has 5 rings (SSSR count).